The molecular formula is C15H22N2O4. The van der Waals surface area contributed by atoms with E-state index >= 15 is 0 Å². The maximum Gasteiger partial charge on any atom is 0.308 e. The Morgan fingerprint density at radius 2 is 1.71 bits per heavy atom. The summed E-state index contributed by atoms with van der Waals surface area (Å²) in [5.74, 6) is -1.85. The molecule has 1 atom stereocenters. The molecule has 0 heterocycles. The molecule has 0 bridgehead atoms. The number of amides is 1. The van der Waals surface area contributed by atoms with Crippen LogP contribution in [0.1, 0.15) is 6.92 Å². The van der Waals surface area contributed by atoms with Gasteiger partial charge in [0, 0.05) is 39.1 Å². The number of nitrogens with zero attached hydrogens (tertiary/aromatic N) is 2. The van der Waals surface area contributed by atoms with Crippen LogP contribution in [0.3, 0.4) is 0 Å². The molecule has 0 aromatic heterocycles. The average Bonchev–Trinajstić information content (AvgIpc) is 2.44. The quantitative estimate of drug-likeness (QED) is 0.824. The second-order valence-electron chi connectivity index (χ2n) is 5.09. The van der Waals surface area contributed by atoms with Crippen LogP contribution in [0.5, 0.6) is 0 Å². The van der Waals surface area contributed by atoms with E-state index < -0.39 is 11.9 Å². The van der Waals surface area contributed by atoms with Crippen LogP contribution < -0.4 is 9.80 Å². The highest BCUT2D eigenvalue weighted by molar-refractivity contribution is 5.95. The van der Waals surface area contributed by atoms with Crippen molar-refractivity contribution in [2.45, 2.75) is 6.92 Å². The second kappa shape index (κ2) is 7.64. The lowest BCUT2D eigenvalue weighted by atomic mass is 10.1. The Hall–Kier alpha value is -2.08. The van der Waals surface area contributed by atoms with Crippen molar-refractivity contribution in [3.8, 4) is 0 Å². The molecule has 21 heavy (non-hydrogen) atoms. The van der Waals surface area contributed by atoms with Crippen molar-refractivity contribution >= 4 is 23.3 Å². The van der Waals surface area contributed by atoms with Gasteiger partial charge < -0.3 is 19.6 Å². The van der Waals surface area contributed by atoms with Gasteiger partial charge in [-0.15, -0.1) is 0 Å². The van der Waals surface area contributed by atoms with E-state index in [0.717, 1.165) is 5.69 Å². The molecule has 0 spiro atoms. The molecule has 0 fully saturated rings. The smallest absolute Gasteiger partial charge is 0.308 e. The molecule has 1 unspecified atom stereocenters. The monoisotopic (exact) mass is 294 g/mol. The minimum absolute atomic E-state index is 0.0816. The van der Waals surface area contributed by atoms with E-state index in [9.17, 15) is 9.59 Å². The number of ether oxygens (including phenoxy) is 1. The molecular weight excluding hydrogens is 272 g/mol. The molecule has 0 saturated carbocycles. The summed E-state index contributed by atoms with van der Waals surface area (Å²) >= 11 is 0. The first-order valence-electron chi connectivity index (χ1n) is 6.66. The highest BCUT2D eigenvalue weighted by atomic mass is 16.5. The average molecular weight is 294 g/mol. The van der Waals surface area contributed by atoms with Crippen LogP contribution in [0, 0.1) is 5.92 Å². The SMILES string of the molecule is COCC(=O)N(CC(C)C(=O)O)c1ccc(N(C)C)cc1. The van der Waals surface area contributed by atoms with Gasteiger partial charge >= 0.3 is 5.97 Å². The summed E-state index contributed by atoms with van der Waals surface area (Å²) < 4.78 is 4.86. The predicted octanol–water partition coefficient (Wildman–Crippen LogP) is 1.45. The lowest BCUT2D eigenvalue weighted by molar-refractivity contribution is -0.140. The van der Waals surface area contributed by atoms with Crippen molar-refractivity contribution in [3.05, 3.63) is 24.3 Å². The van der Waals surface area contributed by atoms with Crippen molar-refractivity contribution in [1.82, 2.24) is 0 Å². The van der Waals surface area contributed by atoms with Gasteiger partial charge in [-0.3, -0.25) is 9.59 Å². The largest absolute Gasteiger partial charge is 0.481 e. The Morgan fingerprint density at radius 3 is 2.14 bits per heavy atom. The summed E-state index contributed by atoms with van der Waals surface area (Å²) in [6.07, 6.45) is 0. The molecule has 1 amide bonds. The first-order chi connectivity index (χ1) is 9.86. The van der Waals surface area contributed by atoms with E-state index in [1.54, 1.807) is 19.1 Å². The number of hydrogen-bond acceptors (Lipinski definition) is 4. The zero-order valence-corrected chi connectivity index (χ0v) is 12.9. The van der Waals surface area contributed by atoms with Gasteiger partial charge in [-0.25, -0.2) is 0 Å². The number of methoxy groups -OCH3 is 1. The molecule has 0 saturated heterocycles. The predicted molar refractivity (Wildman–Crippen MR) is 81.8 cm³/mol. The van der Waals surface area contributed by atoms with Gasteiger partial charge in [0.25, 0.3) is 5.91 Å². The maximum atomic E-state index is 12.1. The lowest BCUT2D eigenvalue weighted by Crippen LogP contribution is -2.39. The highest BCUT2D eigenvalue weighted by Crippen LogP contribution is 2.21. The van der Waals surface area contributed by atoms with Crippen molar-refractivity contribution < 1.29 is 19.4 Å². The zero-order chi connectivity index (χ0) is 16.0. The van der Waals surface area contributed by atoms with Gasteiger partial charge in [0.05, 0.1) is 5.92 Å². The number of carbonyl (C=O) groups is 2. The van der Waals surface area contributed by atoms with Crippen LogP contribution >= 0.6 is 0 Å². The van der Waals surface area contributed by atoms with Gasteiger partial charge in [0.1, 0.15) is 6.61 Å². The number of anilines is 2. The molecule has 1 aromatic carbocycles. The second-order valence-corrected chi connectivity index (χ2v) is 5.09. The Balaban J connectivity index is 2.99. The number of carboxylic acids is 1. The molecule has 6 nitrogen and oxygen atoms in total. The van der Waals surface area contributed by atoms with Gasteiger partial charge in [-0.05, 0) is 24.3 Å². The fourth-order valence-corrected chi connectivity index (χ4v) is 1.84. The number of carbonyl (C=O) groups excluding carboxylic acids is 1. The molecule has 6 heteroatoms. The van der Waals surface area contributed by atoms with Crippen LogP contribution in [-0.2, 0) is 14.3 Å². The third-order valence-corrected chi connectivity index (χ3v) is 3.12. The van der Waals surface area contributed by atoms with Gasteiger partial charge in [0.2, 0.25) is 0 Å². The van der Waals surface area contributed by atoms with E-state index in [2.05, 4.69) is 0 Å². The maximum absolute atomic E-state index is 12.1. The minimum Gasteiger partial charge on any atom is -0.481 e. The number of benzene rings is 1. The van der Waals surface area contributed by atoms with Gasteiger partial charge in [0.15, 0.2) is 0 Å². The normalized spacial score (nSPS) is 11.8. The molecule has 1 N–H and O–H groups in total. The molecule has 0 aliphatic rings. The fraction of sp³-hybridized carbons (Fsp3) is 0.467. The van der Waals surface area contributed by atoms with Crippen LogP contribution in [-0.4, -0.2) is 51.3 Å². The number of hydrogen-bond donors (Lipinski definition) is 1. The number of aliphatic carboxylic acids is 1. The number of rotatable bonds is 7. The van der Waals surface area contributed by atoms with Crippen LogP contribution in [0.15, 0.2) is 24.3 Å². The highest BCUT2D eigenvalue weighted by Gasteiger charge is 2.21. The first kappa shape index (κ1) is 17.0. The van der Waals surface area contributed by atoms with Gasteiger partial charge in [-0.1, -0.05) is 6.92 Å². The van der Waals surface area contributed by atoms with Crippen LogP contribution in [0.2, 0.25) is 0 Å². The van der Waals surface area contributed by atoms with Crippen LogP contribution in [0.4, 0.5) is 11.4 Å². The summed E-state index contributed by atoms with van der Waals surface area (Å²) in [6.45, 7) is 1.60. The molecule has 116 valence electrons. The molecule has 0 aliphatic carbocycles. The van der Waals surface area contributed by atoms with E-state index in [1.165, 1.54) is 12.0 Å². The summed E-state index contributed by atoms with van der Waals surface area (Å²) in [7, 11) is 5.29. The fourth-order valence-electron chi connectivity index (χ4n) is 1.84. The summed E-state index contributed by atoms with van der Waals surface area (Å²) in [4.78, 5) is 26.5. The molecule has 1 rings (SSSR count). The Morgan fingerprint density at radius 1 is 1.19 bits per heavy atom. The lowest BCUT2D eigenvalue weighted by Gasteiger charge is -2.25. The van der Waals surface area contributed by atoms with E-state index in [0.29, 0.717) is 5.69 Å². The standard InChI is InChI=1S/C15H22N2O4/c1-11(15(19)20)9-17(14(18)10-21-4)13-7-5-12(6-8-13)16(2)3/h5-8,11H,9-10H2,1-4H3,(H,19,20). The van der Waals surface area contributed by atoms with Crippen molar-refractivity contribution in [1.29, 1.82) is 0 Å². The third kappa shape index (κ3) is 4.75. The van der Waals surface area contributed by atoms with Crippen molar-refractivity contribution in [3.63, 3.8) is 0 Å². The van der Waals surface area contributed by atoms with E-state index in [4.69, 9.17) is 9.84 Å². The first-order valence-corrected chi connectivity index (χ1v) is 6.66. The Kier molecular flexibility index (Phi) is 6.17. The van der Waals surface area contributed by atoms with Gasteiger partial charge in [-0.2, -0.15) is 0 Å². The third-order valence-electron chi connectivity index (χ3n) is 3.12. The number of carboxylic acid groups (broad SMARTS) is 1. The van der Waals surface area contributed by atoms with E-state index in [1.807, 2.05) is 31.1 Å². The molecule has 0 aliphatic heterocycles. The van der Waals surface area contributed by atoms with Crippen molar-refractivity contribution in [2.24, 2.45) is 5.92 Å². The van der Waals surface area contributed by atoms with E-state index in [-0.39, 0.29) is 19.1 Å². The summed E-state index contributed by atoms with van der Waals surface area (Å²) in [5, 5.41) is 9.03. The minimum atomic E-state index is -0.935. The topological polar surface area (TPSA) is 70.1 Å². The van der Waals surface area contributed by atoms with Crippen LogP contribution in [0.25, 0.3) is 0 Å². The summed E-state index contributed by atoms with van der Waals surface area (Å²) in [5.41, 5.74) is 1.67. The summed E-state index contributed by atoms with van der Waals surface area (Å²) in [6, 6.07) is 7.37. The molecule has 0 radical (unpaired) electrons. The zero-order valence-electron chi connectivity index (χ0n) is 12.9. The van der Waals surface area contributed by atoms with Crippen molar-refractivity contribution in [2.75, 3.05) is 44.2 Å². The Bertz CT molecular complexity index is 485. The Labute approximate surface area is 124 Å². The molecule has 1 aromatic rings.